The van der Waals surface area contributed by atoms with E-state index in [1.54, 1.807) is 12.1 Å². The minimum Gasteiger partial charge on any atom is -0.352 e. The van der Waals surface area contributed by atoms with Gasteiger partial charge < -0.3 is 20.9 Å². The number of benzene rings is 1. The fraction of sp³-hybridized carbons (Fsp3) is 0.389. The van der Waals surface area contributed by atoms with Gasteiger partial charge in [-0.05, 0) is 37.8 Å². The SMILES string of the molecule is CC(C)NC(=O)[C@@H]1C[C@H](N)CN1C(=O)c1cc2ccccc2[nH]c1=O. The highest BCUT2D eigenvalue weighted by atomic mass is 16.2. The van der Waals surface area contributed by atoms with Crippen LogP contribution in [-0.4, -0.2) is 46.4 Å². The van der Waals surface area contributed by atoms with E-state index in [9.17, 15) is 14.4 Å². The van der Waals surface area contributed by atoms with Crippen LogP contribution >= 0.6 is 0 Å². The van der Waals surface area contributed by atoms with Crippen LogP contribution < -0.4 is 16.6 Å². The maximum absolute atomic E-state index is 12.9. The summed E-state index contributed by atoms with van der Waals surface area (Å²) in [6.07, 6.45) is 0.385. The third-order valence-corrected chi connectivity index (χ3v) is 4.31. The van der Waals surface area contributed by atoms with Gasteiger partial charge in [0, 0.05) is 24.1 Å². The number of nitrogens with zero attached hydrogens (tertiary/aromatic N) is 1. The Morgan fingerprint density at radius 1 is 1.32 bits per heavy atom. The molecule has 1 saturated heterocycles. The molecule has 2 heterocycles. The van der Waals surface area contributed by atoms with Crippen molar-refractivity contribution < 1.29 is 9.59 Å². The third-order valence-electron chi connectivity index (χ3n) is 4.31. The van der Waals surface area contributed by atoms with Crippen LogP contribution in [0.5, 0.6) is 0 Å². The van der Waals surface area contributed by atoms with E-state index in [-0.39, 0.29) is 30.1 Å². The van der Waals surface area contributed by atoms with Crippen LogP contribution in [0.2, 0.25) is 0 Å². The second-order valence-electron chi connectivity index (χ2n) is 6.73. The number of para-hydroxylation sites is 1. The molecule has 0 unspecified atom stereocenters. The zero-order valence-corrected chi connectivity index (χ0v) is 14.3. The van der Waals surface area contributed by atoms with Crippen LogP contribution in [-0.2, 0) is 4.79 Å². The van der Waals surface area contributed by atoms with E-state index < -0.39 is 17.5 Å². The van der Waals surface area contributed by atoms with E-state index in [1.807, 2.05) is 32.0 Å². The summed E-state index contributed by atoms with van der Waals surface area (Å²) in [5.74, 6) is -0.711. The fourth-order valence-electron chi connectivity index (χ4n) is 3.18. The quantitative estimate of drug-likeness (QED) is 0.759. The van der Waals surface area contributed by atoms with E-state index in [1.165, 1.54) is 4.90 Å². The van der Waals surface area contributed by atoms with Gasteiger partial charge in [0.25, 0.3) is 11.5 Å². The molecule has 25 heavy (non-hydrogen) atoms. The molecule has 132 valence electrons. The summed E-state index contributed by atoms with van der Waals surface area (Å²) < 4.78 is 0. The Bertz CT molecular complexity index is 874. The van der Waals surface area contributed by atoms with Crippen LogP contribution in [0.3, 0.4) is 0 Å². The number of nitrogens with two attached hydrogens (primary N) is 1. The second-order valence-corrected chi connectivity index (χ2v) is 6.73. The number of fused-ring (bicyclic) bond motifs is 1. The van der Waals surface area contributed by atoms with Crippen molar-refractivity contribution in [1.29, 1.82) is 0 Å². The minimum absolute atomic E-state index is 0.0233. The molecule has 1 fully saturated rings. The van der Waals surface area contributed by atoms with Crippen molar-refractivity contribution in [3.8, 4) is 0 Å². The minimum atomic E-state index is -0.657. The number of hydrogen-bond donors (Lipinski definition) is 3. The monoisotopic (exact) mass is 342 g/mol. The first-order chi connectivity index (χ1) is 11.9. The second kappa shape index (κ2) is 6.68. The molecule has 7 nitrogen and oxygen atoms in total. The summed E-state index contributed by atoms with van der Waals surface area (Å²) >= 11 is 0. The standard InChI is InChI=1S/C18H22N4O3/c1-10(2)20-17(24)15-8-12(19)9-22(15)18(25)13-7-11-5-3-4-6-14(11)21-16(13)23/h3-7,10,12,15H,8-9,19H2,1-2H3,(H,20,24)(H,21,23)/t12-,15-/m0/s1. The van der Waals surface area contributed by atoms with Gasteiger partial charge in [-0.2, -0.15) is 0 Å². The van der Waals surface area contributed by atoms with Crippen LogP contribution in [0.15, 0.2) is 35.1 Å². The number of aromatic amines is 1. The largest absolute Gasteiger partial charge is 0.352 e. The first kappa shape index (κ1) is 17.2. The lowest BCUT2D eigenvalue weighted by Crippen LogP contribution is -2.48. The van der Waals surface area contributed by atoms with E-state index in [2.05, 4.69) is 10.3 Å². The Morgan fingerprint density at radius 2 is 2.04 bits per heavy atom. The summed E-state index contributed by atoms with van der Waals surface area (Å²) in [7, 11) is 0. The topological polar surface area (TPSA) is 108 Å². The molecule has 1 aliphatic rings. The zero-order chi connectivity index (χ0) is 18.1. The van der Waals surface area contributed by atoms with Crippen molar-refractivity contribution in [1.82, 2.24) is 15.2 Å². The molecule has 0 radical (unpaired) electrons. The van der Waals surface area contributed by atoms with Gasteiger partial charge in [-0.25, -0.2) is 0 Å². The van der Waals surface area contributed by atoms with Crippen molar-refractivity contribution in [3.05, 3.63) is 46.2 Å². The maximum atomic E-state index is 12.9. The summed E-state index contributed by atoms with van der Waals surface area (Å²) in [6, 6.07) is 7.83. The molecule has 0 aliphatic carbocycles. The fourth-order valence-corrected chi connectivity index (χ4v) is 3.18. The van der Waals surface area contributed by atoms with Crippen molar-refractivity contribution >= 4 is 22.7 Å². The van der Waals surface area contributed by atoms with Crippen LogP contribution in [0.1, 0.15) is 30.6 Å². The number of rotatable bonds is 3. The highest BCUT2D eigenvalue weighted by Crippen LogP contribution is 2.20. The molecule has 0 saturated carbocycles. The van der Waals surface area contributed by atoms with Crippen molar-refractivity contribution in [2.45, 2.75) is 38.4 Å². The summed E-state index contributed by atoms with van der Waals surface area (Å²) in [4.78, 5) is 41.8. The van der Waals surface area contributed by atoms with Gasteiger partial charge >= 0.3 is 0 Å². The molecule has 2 amide bonds. The van der Waals surface area contributed by atoms with Gasteiger partial charge in [-0.1, -0.05) is 18.2 Å². The summed E-state index contributed by atoms with van der Waals surface area (Å²) in [5.41, 5.74) is 6.19. The van der Waals surface area contributed by atoms with E-state index >= 15 is 0 Å². The lowest BCUT2D eigenvalue weighted by Gasteiger charge is -2.24. The van der Waals surface area contributed by atoms with Gasteiger partial charge in [0.15, 0.2) is 0 Å². The smallest absolute Gasteiger partial charge is 0.261 e. The van der Waals surface area contributed by atoms with Crippen LogP contribution in [0, 0.1) is 0 Å². The van der Waals surface area contributed by atoms with Crippen molar-refractivity contribution in [2.24, 2.45) is 5.73 Å². The van der Waals surface area contributed by atoms with Crippen molar-refractivity contribution in [2.75, 3.05) is 6.54 Å². The molecule has 0 bridgehead atoms. The van der Waals surface area contributed by atoms with Gasteiger partial charge in [-0.3, -0.25) is 14.4 Å². The first-order valence-electron chi connectivity index (χ1n) is 8.36. The Hall–Kier alpha value is -2.67. The molecule has 7 heteroatoms. The predicted octanol–water partition coefficient (Wildman–Crippen LogP) is 0.595. The van der Waals surface area contributed by atoms with Gasteiger partial charge in [-0.15, -0.1) is 0 Å². The van der Waals surface area contributed by atoms with E-state index in [0.717, 1.165) is 5.39 Å². The maximum Gasteiger partial charge on any atom is 0.261 e. The Balaban J connectivity index is 1.94. The predicted molar refractivity (Wildman–Crippen MR) is 95.3 cm³/mol. The average Bonchev–Trinajstić information content (AvgIpc) is 2.95. The molecule has 1 aromatic carbocycles. The molecule has 3 rings (SSSR count). The number of amides is 2. The first-order valence-corrected chi connectivity index (χ1v) is 8.36. The molecule has 2 aromatic rings. The number of nitrogens with one attached hydrogen (secondary N) is 2. The number of hydrogen-bond acceptors (Lipinski definition) is 4. The molecule has 1 aromatic heterocycles. The molecule has 0 spiro atoms. The lowest BCUT2D eigenvalue weighted by atomic mass is 10.1. The number of H-pyrrole nitrogens is 1. The zero-order valence-electron chi connectivity index (χ0n) is 14.3. The number of aromatic nitrogens is 1. The van der Waals surface area contributed by atoms with E-state index in [0.29, 0.717) is 11.9 Å². The number of carbonyl (C=O) groups excluding carboxylic acids is 2. The normalized spacial score (nSPS) is 20.2. The van der Waals surface area contributed by atoms with Crippen LogP contribution in [0.4, 0.5) is 0 Å². The van der Waals surface area contributed by atoms with Gasteiger partial charge in [0.05, 0.1) is 0 Å². The number of carbonyl (C=O) groups is 2. The third kappa shape index (κ3) is 3.41. The highest BCUT2D eigenvalue weighted by molar-refractivity contribution is 6.00. The average molecular weight is 342 g/mol. The summed E-state index contributed by atoms with van der Waals surface area (Å²) in [5, 5.41) is 3.57. The molecular weight excluding hydrogens is 320 g/mol. The van der Waals surface area contributed by atoms with E-state index in [4.69, 9.17) is 5.73 Å². The van der Waals surface area contributed by atoms with Gasteiger partial charge in [0.2, 0.25) is 5.91 Å². The van der Waals surface area contributed by atoms with Gasteiger partial charge in [0.1, 0.15) is 11.6 Å². The lowest BCUT2D eigenvalue weighted by molar-refractivity contribution is -0.125. The number of likely N-dealkylation sites (tertiary alicyclic amines) is 1. The Labute approximate surface area is 145 Å². The Morgan fingerprint density at radius 3 is 2.76 bits per heavy atom. The van der Waals surface area contributed by atoms with Crippen molar-refractivity contribution in [3.63, 3.8) is 0 Å². The molecule has 2 atom stereocenters. The molecule has 1 aliphatic heterocycles. The summed E-state index contributed by atoms with van der Waals surface area (Å²) in [6.45, 7) is 3.96. The highest BCUT2D eigenvalue weighted by Gasteiger charge is 2.39. The number of pyridine rings is 1. The molecular formula is C18H22N4O3. The molecule has 4 N–H and O–H groups in total. The Kier molecular flexibility index (Phi) is 4.59. The van der Waals surface area contributed by atoms with Crippen LogP contribution in [0.25, 0.3) is 10.9 Å².